The van der Waals surface area contributed by atoms with Gasteiger partial charge in [-0.1, -0.05) is 35.0 Å². The average molecular weight is 546 g/mol. The van der Waals surface area contributed by atoms with E-state index in [0.29, 0.717) is 23.5 Å². The van der Waals surface area contributed by atoms with E-state index in [1.165, 1.54) is 0 Å². The molecule has 0 saturated heterocycles. The summed E-state index contributed by atoms with van der Waals surface area (Å²) in [6, 6.07) is 19.3. The number of benzene rings is 3. The van der Waals surface area contributed by atoms with Gasteiger partial charge in [-0.25, -0.2) is 4.98 Å². The lowest BCUT2D eigenvalue weighted by Gasteiger charge is -2.14. The highest BCUT2D eigenvalue weighted by atomic mass is 79.9. The molecule has 4 aromatic rings. The minimum Gasteiger partial charge on any atom is -0.493 e. The van der Waals surface area contributed by atoms with Gasteiger partial charge >= 0.3 is 0 Å². The van der Waals surface area contributed by atoms with Gasteiger partial charge in [-0.15, -0.1) is 0 Å². The molecule has 36 heavy (non-hydrogen) atoms. The predicted octanol–water partition coefficient (Wildman–Crippen LogP) is 6.83. The zero-order valence-electron chi connectivity index (χ0n) is 20.7. The number of aromatic nitrogens is 2. The molecule has 0 bridgehead atoms. The van der Waals surface area contributed by atoms with Crippen molar-refractivity contribution in [3.63, 3.8) is 0 Å². The van der Waals surface area contributed by atoms with E-state index in [0.717, 1.165) is 38.2 Å². The quantitative estimate of drug-likeness (QED) is 0.262. The Labute approximate surface area is 219 Å². The van der Waals surface area contributed by atoms with Crippen LogP contribution in [0.3, 0.4) is 0 Å². The Balaban J connectivity index is 1.49. The van der Waals surface area contributed by atoms with Crippen LogP contribution in [-0.2, 0) is 6.42 Å². The fourth-order valence-electron chi connectivity index (χ4n) is 4.06. The Morgan fingerprint density at radius 3 is 2.56 bits per heavy atom. The maximum absolute atomic E-state index is 12.8. The van der Waals surface area contributed by atoms with Gasteiger partial charge in [-0.05, 0) is 78.9 Å². The van der Waals surface area contributed by atoms with Crippen LogP contribution in [0.5, 0.6) is 11.5 Å². The van der Waals surface area contributed by atoms with E-state index in [2.05, 4.69) is 39.2 Å². The van der Waals surface area contributed by atoms with Gasteiger partial charge in [0.1, 0.15) is 0 Å². The van der Waals surface area contributed by atoms with E-state index in [9.17, 15) is 4.79 Å². The second kappa shape index (κ2) is 11.4. The maximum atomic E-state index is 12.8. The summed E-state index contributed by atoms with van der Waals surface area (Å²) < 4.78 is 11.6. The third-order valence-electron chi connectivity index (χ3n) is 5.90. The van der Waals surface area contributed by atoms with E-state index < -0.39 is 0 Å². The molecule has 0 spiro atoms. The van der Waals surface area contributed by atoms with E-state index >= 15 is 0 Å². The molecular formula is C29H28BrN3O3. The number of hydrogen-bond donors (Lipinski definition) is 1. The molecule has 0 unspecified atom stereocenters. The van der Waals surface area contributed by atoms with Crippen molar-refractivity contribution in [1.82, 2.24) is 9.97 Å². The molecule has 0 aliphatic carbocycles. The van der Waals surface area contributed by atoms with Crippen LogP contribution < -0.4 is 14.8 Å². The van der Waals surface area contributed by atoms with Crippen molar-refractivity contribution in [3.05, 3.63) is 99.9 Å². The first-order chi connectivity index (χ1) is 17.4. The summed E-state index contributed by atoms with van der Waals surface area (Å²) in [5.41, 5.74) is 6.06. The van der Waals surface area contributed by atoms with E-state index in [1.54, 1.807) is 26.6 Å². The van der Waals surface area contributed by atoms with Crippen LogP contribution in [0.15, 0.2) is 77.5 Å². The first-order valence-corrected chi connectivity index (χ1v) is 12.4. The second-order valence-corrected chi connectivity index (χ2v) is 9.58. The Kier molecular flexibility index (Phi) is 8.00. The maximum Gasteiger partial charge on any atom is 0.255 e. The van der Waals surface area contributed by atoms with Crippen LogP contribution >= 0.6 is 15.9 Å². The molecule has 0 radical (unpaired) electrons. The van der Waals surface area contributed by atoms with E-state index in [4.69, 9.17) is 14.5 Å². The van der Waals surface area contributed by atoms with Crippen LogP contribution in [0.25, 0.3) is 11.3 Å². The van der Waals surface area contributed by atoms with Gasteiger partial charge in [0.2, 0.25) is 0 Å². The number of halogens is 1. The van der Waals surface area contributed by atoms with Gasteiger partial charge in [0, 0.05) is 27.5 Å². The lowest BCUT2D eigenvalue weighted by atomic mass is 9.95. The van der Waals surface area contributed by atoms with Gasteiger partial charge in [0.15, 0.2) is 11.5 Å². The van der Waals surface area contributed by atoms with Crippen molar-refractivity contribution in [1.29, 1.82) is 0 Å². The highest BCUT2D eigenvalue weighted by Gasteiger charge is 2.13. The summed E-state index contributed by atoms with van der Waals surface area (Å²) in [4.78, 5) is 22.0. The highest BCUT2D eigenvalue weighted by Crippen LogP contribution is 2.32. The number of carbonyl (C=O) groups is 1. The van der Waals surface area contributed by atoms with Gasteiger partial charge in [-0.3, -0.25) is 9.78 Å². The number of carbonyl (C=O) groups excluding carboxylic acids is 1. The predicted molar refractivity (Wildman–Crippen MR) is 146 cm³/mol. The SMILES string of the molecule is COc1ccc(-c2cncc(C[C@@H](C)c3cccc(NC(=O)c4cc(C)cc(Br)c4)c3)n2)cc1OC. The summed E-state index contributed by atoms with van der Waals surface area (Å²) in [5, 5.41) is 3.01. The Hall–Kier alpha value is -3.71. The molecule has 184 valence electrons. The molecule has 0 fully saturated rings. The number of methoxy groups -OCH3 is 2. The minimum atomic E-state index is -0.141. The third-order valence-corrected chi connectivity index (χ3v) is 6.35. The molecule has 1 N–H and O–H groups in total. The fraction of sp³-hybridized carbons (Fsp3) is 0.207. The molecule has 1 heterocycles. The third kappa shape index (κ3) is 6.10. The van der Waals surface area contributed by atoms with Crippen molar-refractivity contribution in [2.24, 2.45) is 0 Å². The molecule has 7 heteroatoms. The van der Waals surface area contributed by atoms with Crippen molar-refractivity contribution >= 4 is 27.5 Å². The summed E-state index contributed by atoms with van der Waals surface area (Å²) in [6.07, 6.45) is 4.24. The van der Waals surface area contributed by atoms with Crippen molar-refractivity contribution in [2.75, 3.05) is 19.5 Å². The lowest BCUT2D eigenvalue weighted by molar-refractivity contribution is 0.102. The van der Waals surface area contributed by atoms with Crippen LogP contribution in [0, 0.1) is 6.92 Å². The van der Waals surface area contributed by atoms with Gasteiger partial charge in [-0.2, -0.15) is 0 Å². The lowest BCUT2D eigenvalue weighted by Crippen LogP contribution is -2.12. The van der Waals surface area contributed by atoms with Crippen molar-refractivity contribution in [2.45, 2.75) is 26.2 Å². The number of nitrogens with one attached hydrogen (secondary N) is 1. The van der Waals surface area contributed by atoms with Gasteiger partial charge < -0.3 is 14.8 Å². The largest absolute Gasteiger partial charge is 0.493 e. The van der Waals surface area contributed by atoms with Crippen LogP contribution in [-0.4, -0.2) is 30.1 Å². The molecule has 0 saturated carbocycles. The van der Waals surface area contributed by atoms with Crippen LogP contribution in [0.4, 0.5) is 5.69 Å². The molecule has 1 atom stereocenters. The molecule has 4 rings (SSSR count). The van der Waals surface area contributed by atoms with Crippen molar-refractivity contribution < 1.29 is 14.3 Å². The fourth-order valence-corrected chi connectivity index (χ4v) is 4.67. The van der Waals surface area contributed by atoms with Gasteiger partial charge in [0.05, 0.1) is 31.8 Å². The number of nitrogens with zero attached hydrogens (tertiary/aromatic N) is 2. The number of hydrogen-bond acceptors (Lipinski definition) is 5. The molecule has 1 aromatic heterocycles. The zero-order valence-corrected chi connectivity index (χ0v) is 22.3. The zero-order chi connectivity index (χ0) is 25.7. The summed E-state index contributed by atoms with van der Waals surface area (Å²) >= 11 is 3.46. The normalized spacial score (nSPS) is 11.6. The molecular weight excluding hydrogens is 518 g/mol. The molecule has 0 aliphatic heterocycles. The number of rotatable bonds is 8. The number of ether oxygens (including phenoxy) is 2. The van der Waals surface area contributed by atoms with E-state index in [-0.39, 0.29) is 11.8 Å². The summed E-state index contributed by atoms with van der Waals surface area (Å²) in [6.45, 7) is 4.11. The first kappa shape index (κ1) is 25.4. The average Bonchev–Trinajstić information content (AvgIpc) is 2.88. The second-order valence-electron chi connectivity index (χ2n) is 8.67. The van der Waals surface area contributed by atoms with Crippen LogP contribution in [0.2, 0.25) is 0 Å². The van der Waals surface area contributed by atoms with E-state index in [1.807, 2.05) is 61.5 Å². The minimum absolute atomic E-state index is 0.141. The Bertz CT molecular complexity index is 1370. The monoisotopic (exact) mass is 545 g/mol. The summed E-state index contributed by atoms with van der Waals surface area (Å²) in [5.74, 6) is 1.34. The highest BCUT2D eigenvalue weighted by molar-refractivity contribution is 9.10. The van der Waals surface area contributed by atoms with Crippen molar-refractivity contribution in [3.8, 4) is 22.8 Å². The van der Waals surface area contributed by atoms with Gasteiger partial charge in [0.25, 0.3) is 5.91 Å². The number of anilines is 1. The first-order valence-electron chi connectivity index (χ1n) is 11.6. The Morgan fingerprint density at radius 1 is 1.00 bits per heavy atom. The molecule has 1 amide bonds. The Morgan fingerprint density at radius 2 is 1.81 bits per heavy atom. The number of amides is 1. The summed E-state index contributed by atoms with van der Waals surface area (Å²) in [7, 11) is 3.23. The molecule has 3 aromatic carbocycles. The molecule has 0 aliphatic rings. The molecule has 6 nitrogen and oxygen atoms in total. The standard InChI is InChI=1S/C29H28BrN3O3/c1-18-10-22(13-23(30)11-18)29(34)33-24-7-5-6-20(14-24)19(2)12-25-16-31-17-26(32-25)21-8-9-27(35-3)28(15-21)36-4/h5-11,13-17,19H,12H2,1-4H3,(H,33,34)/t19-/m1/s1. The smallest absolute Gasteiger partial charge is 0.255 e. The van der Waals surface area contributed by atoms with Crippen LogP contribution in [0.1, 0.15) is 40.0 Å². The number of aryl methyl sites for hydroxylation is 1. The topological polar surface area (TPSA) is 73.3 Å².